The van der Waals surface area contributed by atoms with Gasteiger partial charge in [0.15, 0.2) is 0 Å². The Labute approximate surface area is 214 Å². The van der Waals surface area contributed by atoms with Gasteiger partial charge in [-0.15, -0.1) is 0 Å². The standard InChI is InChI=1S/C33H33NS/c1-3-5-22-33(23-6-4-2)26-16-8-7-14-24(26)25-15-13-19-29(32(25)33)34-27-17-9-11-20-30(27)35-31-21-12-10-18-28(31)34/h7-21H,3-6,22-23H2,1-2H3. The summed E-state index contributed by atoms with van der Waals surface area (Å²) < 4.78 is 0. The second kappa shape index (κ2) is 9.24. The van der Waals surface area contributed by atoms with E-state index < -0.39 is 0 Å². The molecule has 1 heterocycles. The Balaban J connectivity index is 1.65. The van der Waals surface area contributed by atoms with Crippen LogP contribution in [0.5, 0.6) is 0 Å². The van der Waals surface area contributed by atoms with Crippen LogP contribution in [-0.4, -0.2) is 0 Å². The van der Waals surface area contributed by atoms with Crippen LogP contribution in [0.25, 0.3) is 11.1 Å². The summed E-state index contributed by atoms with van der Waals surface area (Å²) in [4.78, 5) is 5.21. The zero-order valence-electron chi connectivity index (χ0n) is 20.8. The van der Waals surface area contributed by atoms with Crippen LogP contribution in [0.4, 0.5) is 17.1 Å². The number of hydrogen-bond acceptors (Lipinski definition) is 2. The van der Waals surface area contributed by atoms with Gasteiger partial charge in [-0.1, -0.05) is 112 Å². The van der Waals surface area contributed by atoms with E-state index in [2.05, 4.69) is 110 Å². The topological polar surface area (TPSA) is 3.24 Å². The average molecular weight is 476 g/mol. The number of fused-ring (bicyclic) bond motifs is 5. The van der Waals surface area contributed by atoms with Gasteiger partial charge in [0.2, 0.25) is 0 Å². The summed E-state index contributed by atoms with van der Waals surface area (Å²) in [7, 11) is 0. The highest BCUT2D eigenvalue weighted by molar-refractivity contribution is 7.99. The maximum absolute atomic E-state index is 2.55. The van der Waals surface area contributed by atoms with Gasteiger partial charge in [0, 0.05) is 15.2 Å². The first-order valence-corrected chi connectivity index (χ1v) is 14.0. The minimum atomic E-state index is 0.0585. The lowest BCUT2D eigenvalue weighted by atomic mass is 9.70. The van der Waals surface area contributed by atoms with Gasteiger partial charge < -0.3 is 4.90 Å². The lowest BCUT2D eigenvalue weighted by Gasteiger charge is -2.39. The maximum atomic E-state index is 2.55. The van der Waals surface area contributed by atoms with Crippen LogP contribution in [0.2, 0.25) is 0 Å². The van der Waals surface area contributed by atoms with Crippen molar-refractivity contribution >= 4 is 28.8 Å². The minimum Gasteiger partial charge on any atom is -0.308 e. The van der Waals surface area contributed by atoms with Gasteiger partial charge >= 0.3 is 0 Å². The lowest BCUT2D eigenvalue weighted by Crippen LogP contribution is -2.28. The van der Waals surface area contributed by atoms with Crippen molar-refractivity contribution < 1.29 is 0 Å². The smallest absolute Gasteiger partial charge is 0.0601 e. The molecule has 1 aliphatic heterocycles. The van der Waals surface area contributed by atoms with Gasteiger partial charge in [-0.2, -0.15) is 0 Å². The Bertz CT molecular complexity index is 1320. The Morgan fingerprint density at radius 3 is 1.80 bits per heavy atom. The molecule has 2 aliphatic rings. The highest BCUT2D eigenvalue weighted by atomic mass is 32.2. The number of unbranched alkanes of at least 4 members (excludes halogenated alkanes) is 2. The number of anilines is 3. The molecular formula is C33H33NS. The highest BCUT2D eigenvalue weighted by Crippen LogP contribution is 2.60. The molecule has 4 aromatic carbocycles. The van der Waals surface area contributed by atoms with Crippen LogP contribution in [0.3, 0.4) is 0 Å². The third kappa shape index (κ3) is 3.53. The molecule has 0 amide bonds. The van der Waals surface area contributed by atoms with Gasteiger partial charge in [0.1, 0.15) is 0 Å². The van der Waals surface area contributed by atoms with Crippen molar-refractivity contribution in [3.63, 3.8) is 0 Å². The molecule has 0 unspecified atom stereocenters. The normalized spacial score (nSPS) is 14.7. The summed E-state index contributed by atoms with van der Waals surface area (Å²) in [6.07, 6.45) is 7.34. The molecule has 0 atom stereocenters. The number of para-hydroxylation sites is 2. The molecule has 4 aromatic rings. The van der Waals surface area contributed by atoms with Crippen LogP contribution in [0.15, 0.2) is 101 Å². The molecule has 0 N–H and O–H groups in total. The molecule has 1 nitrogen and oxygen atoms in total. The molecule has 0 aromatic heterocycles. The fourth-order valence-corrected chi connectivity index (χ4v) is 7.35. The first-order chi connectivity index (χ1) is 17.3. The molecular weight excluding hydrogens is 442 g/mol. The Hall–Kier alpha value is -2.97. The molecule has 0 spiro atoms. The van der Waals surface area contributed by atoms with Crippen molar-refractivity contribution in [2.45, 2.75) is 67.6 Å². The van der Waals surface area contributed by atoms with E-state index in [1.54, 1.807) is 5.56 Å². The molecule has 35 heavy (non-hydrogen) atoms. The molecule has 0 radical (unpaired) electrons. The van der Waals surface area contributed by atoms with E-state index in [0.717, 1.165) is 0 Å². The maximum Gasteiger partial charge on any atom is 0.0601 e. The predicted octanol–water partition coefficient (Wildman–Crippen LogP) is 10.3. The van der Waals surface area contributed by atoms with Gasteiger partial charge in [0.25, 0.3) is 0 Å². The third-order valence-electron chi connectivity index (χ3n) is 7.84. The summed E-state index contributed by atoms with van der Waals surface area (Å²) in [5.41, 5.74) is 9.94. The lowest BCUT2D eigenvalue weighted by molar-refractivity contribution is 0.415. The van der Waals surface area contributed by atoms with E-state index in [0.29, 0.717) is 0 Å². The SMILES string of the molecule is CCCCC1(CCCC)c2ccccc2-c2cccc(N3c4ccccc4Sc4ccccc43)c21. The molecule has 0 saturated carbocycles. The van der Waals surface area contributed by atoms with Gasteiger partial charge in [-0.05, 0) is 65.4 Å². The summed E-state index contributed by atoms with van der Waals surface area (Å²) in [6.45, 7) is 4.66. The number of benzene rings is 4. The van der Waals surface area contributed by atoms with Crippen molar-refractivity contribution in [1.82, 2.24) is 0 Å². The summed E-state index contributed by atoms with van der Waals surface area (Å²) in [5, 5.41) is 0. The number of hydrogen-bond donors (Lipinski definition) is 0. The summed E-state index contributed by atoms with van der Waals surface area (Å²) in [6, 6.07) is 34.0. The fourth-order valence-electron chi connectivity index (χ4n) is 6.29. The predicted molar refractivity (Wildman–Crippen MR) is 151 cm³/mol. The van der Waals surface area contributed by atoms with E-state index in [-0.39, 0.29) is 5.41 Å². The van der Waals surface area contributed by atoms with Crippen LogP contribution < -0.4 is 4.90 Å². The highest BCUT2D eigenvalue weighted by Gasteiger charge is 2.45. The second-order valence-electron chi connectivity index (χ2n) is 9.91. The fraction of sp³-hybridized carbons (Fsp3) is 0.273. The van der Waals surface area contributed by atoms with E-state index in [4.69, 9.17) is 0 Å². The first kappa shape index (κ1) is 22.5. The Morgan fingerprint density at radius 1 is 0.600 bits per heavy atom. The minimum absolute atomic E-state index is 0.0585. The Kier molecular flexibility index (Phi) is 5.94. The second-order valence-corrected chi connectivity index (χ2v) is 11.0. The zero-order chi connectivity index (χ0) is 23.8. The quantitative estimate of drug-likeness (QED) is 0.230. The summed E-state index contributed by atoms with van der Waals surface area (Å²) >= 11 is 1.89. The molecule has 176 valence electrons. The van der Waals surface area contributed by atoms with Gasteiger partial charge in [-0.25, -0.2) is 0 Å². The number of nitrogens with zero attached hydrogens (tertiary/aromatic N) is 1. The van der Waals surface area contributed by atoms with Crippen molar-refractivity contribution in [2.24, 2.45) is 0 Å². The molecule has 0 fully saturated rings. The first-order valence-electron chi connectivity index (χ1n) is 13.2. The van der Waals surface area contributed by atoms with E-state index in [1.165, 1.54) is 82.1 Å². The average Bonchev–Trinajstić information content (AvgIpc) is 3.19. The van der Waals surface area contributed by atoms with E-state index >= 15 is 0 Å². The molecule has 0 saturated heterocycles. The van der Waals surface area contributed by atoms with Crippen LogP contribution in [0, 0.1) is 0 Å². The molecule has 0 bridgehead atoms. The van der Waals surface area contributed by atoms with Crippen LogP contribution in [0.1, 0.15) is 63.5 Å². The number of rotatable bonds is 7. The molecule has 1 aliphatic carbocycles. The molecule has 6 rings (SSSR count). The van der Waals surface area contributed by atoms with Crippen molar-refractivity contribution in [3.8, 4) is 11.1 Å². The zero-order valence-corrected chi connectivity index (χ0v) is 21.6. The van der Waals surface area contributed by atoms with E-state index in [9.17, 15) is 0 Å². The van der Waals surface area contributed by atoms with Crippen LogP contribution >= 0.6 is 11.8 Å². The Morgan fingerprint density at radius 2 is 1.14 bits per heavy atom. The molecule has 2 heteroatoms. The largest absolute Gasteiger partial charge is 0.308 e. The van der Waals surface area contributed by atoms with Gasteiger partial charge in [0.05, 0.1) is 17.1 Å². The third-order valence-corrected chi connectivity index (χ3v) is 8.97. The summed E-state index contributed by atoms with van der Waals surface area (Å²) in [5.74, 6) is 0. The van der Waals surface area contributed by atoms with E-state index in [1.807, 2.05) is 11.8 Å². The van der Waals surface area contributed by atoms with Crippen LogP contribution in [-0.2, 0) is 5.41 Å². The monoisotopic (exact) mass is 475 g/mol. The van der Waals surface area contributed by atoms with Gasteiger partial charge in [-0.3, -0.25) is 0 Å². The van der Waals surface area contributed by atoms with Crippen molar-refractivity contribution in [1.29, 1.82) is 0 Å². The van der Waals surface area contributed by atoms with Crippen molar-refractivity contribution in [3.05, 3.63) is 102 Å². The van der Waals surface area contributed by atoms with Crippen molar-refractivity contribution in [2.75, 3.05) is 4.90 Å².